The molecule has 2 atom stereocenters. The number of amides is 1. The van der Waals surface area contributed by atoms with E-state index in [-0.39, 0.29) is 11.8 Å². The van der Waals surface area contributed by atoms with E-state index in [2.05, 4.69) is 0 Å². The molecule has 4 nitrogen and oxygen atoms in total. The smallest absolute Gasteiger partial charge is 0.307 e. The third-order valence-electron chi connectivity index (χ3n) is 4.14. The lowest BCUT2D eigenvalue weighted by Gasteiger charge is -2.27. The number of rotatable bonds is 4. The Morgan fingerprint density at radius 2 is 1.90 bits per heavy atom. The Labute approximate surface area is 119 Å². The summed E-state index contributed by atoms with van der Waals surface area (Å²) < 4.78 is 0. The van der Waals surface area contributed by atoms with Crippen molar-refractivity contribution in [3.63, 3.8) is 0 Å². The Morgan fingerprint density at radius 1 is 1.25 bits per heavy atom. The molecule has 0 spiro atoms. The second-order valence-corrected chi connectivity index (χ2v) is 5.35. The second kappa shape index (κ2) is 6.07. The first-order valence-corrected chi connectivity index (χ1v) is 7.16. The summed E-state index contributed by atoms with van der Waals surface area (Å²) in [6.07, 6.45) is 2.11. The number of carbonyl (C=O) groups is 2. The van der Waals surface area contributed by atoms with Crippen LogP contribution in [0, 0.1) is 18.8 Å². The van der Waals surface area contributed by atoms with Crippen molar-refractivity contribution in [2.45, 2.75) is 33.1 Å². The Bertz CT molecular complexity index is 512. The van der Waals surface area contributed by atoms with Gasteiger partial charge in [-0.05, 0) is 38.3 Å². The average molecular weight is 275 g/mol. The molecule has 0 saturated heterocycles. The molecule has 1 saturated carbocycles. The fraction of sp³-hybridized carbons (Fsp3) is 0.500. The van der Waals surface area contributed by atoms with Crippen LogP contribution in [0.15, 0.2) is 24.3 Å². The Hall–Kier alpha value is -1.84. The van der Waals surface area contributed by atoms with E-state index in [1.54, 1.807) is 4.90 Å². The minimum atomic E-state index is -0.846. The summed E-state index contributed by atoms with van der Waals surface area (Å²) in [4.78, 5) is 25.7. The van der Waals surface area contributed by atoms with E-state index in [9.17, 15) is 14.7 Å². The van der Waals surface area contributed by atoms with Crippen LogP contribution in [0.5, 0.6) is 0 Å². The van der Waals surface area contributed by atoms with Gasteiger partial charge in [-0.3, -0.25) is 9.59 Å². The van der Waals surface area contributed by atoms with Gasteiger partial charge in [0.1, 0.15) is 0 Å². The molecule has 1 aromatic rings. The molecule has 108 valence electrons. The van der Waals surface area contributed by atoms with Crippen molar-refractivity contribution in [1.29, 1.82) is 0 Å². The predicted molar refractivity (Wildman–Crippen MR) is 77.7 cm³/mol. The average Bonchev–Trinajstić information content (AvgIpc) is 2.91. The van der Waals surface area contributed by atoms with E-state index in [4.69, 9.17) is 0 Å². The molecule has 2 rings (SSSR count). The Kier molecular flexibility index (Phi) is 4.42. The molecule has 0 unspecified atom stereocenters. The number of hydrogen-bond donors (Lipinski definition) is 1. The molecule has 0 radical (unpaired) electrons. The molecular formula is C16H21NO3. The fourth-order valence-corrected chi connectivity index (χ4v) is 3.06. The van der Waals surface area contributed by atoms with Crippen LogP contribution in [-0.4, -0.2) is 23.5 Å². The van der Waals surface area contributed by atoms with Crippen LogP contribution < -0.4 is 4.90 Å². The number of carboxylic acids is 1. The number of para-hydroxylation sites is 1. The summed E-state index contributed by atoms with van der Waals surface area (Å²) in [6.45, 7) is 4.45. The van der Waals surface area contributed by atoms with Gasteiger partial charge in [-0.2, -0.15) is 0 Å². The third kappa shape index (κ3) is 2.69. The van der Waals surface area contributed by atoms with Crippen LogP contribution >= 0.6 is 0 Å². The number of carboxylic acid groups (broad SMARTS) is 1. The number of aryl methyl sites for hydroxylation is 1. The van der Waals surface area contributed by atoms with Gasteiger partial charge in [-0.1, -0.05) is 24.6 Å². The fourth-order valence-electron chi connectivity index (χ4n) is 3.06. The van der Waals surface area contributed by atoms with Gasteiger partial charge < -0.3 is 10.0 Å². The predicted octanol–water partition coefficient (Wildman–Crippen LogP) is 2.85. The molecule has 0 heterocycles. The van der Waals surface area contributed by atoms with E-state index in [1.165, 1.54) is 0 Å². The Morgan fingerprint density at radius 3 is 2.50 bits per heavy atom. The van der Waals surface area contributed by atoms with Crippen molar-refractivity contribution in [1.82, 2.24) is 0 Å². The zero-order chi connectivity index (χ0) is 14.7. The molecule has 0 aliphatic heterocycles. The normalized spacial score (nSPS) is 21.7. The lowest BCUT2D eigenvalue weighted by Crippen LogP contribution is -2.39. The summed E-state index contributed by atoms with van der Waals surface area (Å²) in [5, 5.41) is 9.24. The first kappa shape index (κ1) is 14.6. The summed E-state index contributed by atoms with van der Waals surface area (Å²) in [7, 11) is 0. The van der Waals surface area contributed by atoms with Crippen LogP contribution in [0.25, 0.3) is 0 Å². The van der Waals surface area contributed by atoms with Gasteiger partial charge in [0.15, 0.2) is 0 Å². The molecule has 20 heavy (non-hydrogen) atoms. The molecule has 1 aromatic carbocycles. The van der Waals surface area contributed by atoms with E-state index in [0.717, 1.165) is 17.7 Å². The van der Waals surface area contributed by atoms with Gasteiger partial charge in [0.2, 0.25) is 5.91 Å². The number of aliphatic carboxylic acids is 1. The molecule has 1 amide bonds. The van der Waals surface area contributed by atoms with Crippen LogP contribution in [0.3, 0.4) is 0 Å². The third-order valence-corrected chi connectivity index (χ3v) is 4.14. The van der Waals surface area contributed by atoms with E-state index >= 15 is 0 Å². The molecular weight excluding hydrogens is 254 g/mol. The van der Waals surface area contributed by atoms with Crippen LogP contribution in [0.4, 0.5) is 5.69 Å². The van der Waals surface area contributed by atoms with Crippen LogP contribution in [0.1, 0.15) is 31.7 Å². The van der Waals surface area contributed by atoms with E-state index in [1.807, 2.05) is 38.1 Å². The topological polar surface area (TPSA) is 57.6 Å². The van der Waals surface area contributed by atoms with Gasteiger partial charge in [0.25, 0.3) is 0 Å². The number of anilines is 1. The van der Waals surface area contributed by atoms with Crippen molar-refractivity contribution in [3.05, 3.63) is 29.8 Å². The van der Waals surface area contributed by atoms with Gasteiger partial charge >= 0.3 is 5.97 Å². The maximum absolute atomic E-state index is 12.7. The number of carbonyl (C=O) groups excluding carboxylic acids is 1. The highest BCUT2D eigenvalue weighted by Gasteiger charge is 2.39. The number of benzene rings is 1. The molecule has 1 aliphatic carbocycles. The first-order chi connectivity index (χ1) is 9.56. The monoisotopic (exact) mass is 275 g/mol. The lowest BCUT2D eigenvalue weighted by molar-refractivity contribution is -0.145. The highest BCUT2D eigenvalue weighted by atomic mass is 16.4. The molecule has 4 heteroatoms. The lowest BCUT2D eigenvalue weighted by atomic mass is 9.94. The van der Waals surface area contributed by atoms with Gasteiger partial charge in [-0.25, -0.2) is 0 Å². The highest BCUT2D eigenvalue weighted by Crippen LogP contribution is 2.35. The van der Waals surface area contributed by atoms with Gasteiger partial charge in [0.05, 0.1) is 11.8 Å². The van der Waals surface area contributed by atoms with E-state index < -0.39 is 11.9 Å². The highest BCUT2D eigenvalue weighted by molar-refractivity contribution is 5.98. The molecule has 0 aromatic heterocycles. The maximum Gasteiger partial charge on any atom is 0.307 e. The SMILES string of the molecule is CCN(C(=O)[C@@H]1CCC[C@@H]1C(=O)O)c1ccccc1C. The minimum Gasteiger partial charge on any atom is -0.481 e. The summed E-state index contributed by atoms with van der Waals surface area (Å²) in [5.74, 6) is -1.80. The molecule has 1 fully saturated rings. The second-order valence-electron chi connectivity index (χ2n) is 5.35. The van der Waals surface area contributed by atoms with Crippen molar-refractivity contribution in [2.24, 2.45) is 11.8 Å². The first-order valence-electron chi connectivity index (χ1n) is 7.16. The summed E-state index contributed by atoms with van der Waals surface area (Å²) in [5.41, 5.74) is 1.92. The summed E-state index contributed by atoms with van der Waals surface area (Å²) in [6, 6.07) is 7.73. The standard InChI is InChI=1S/C16H21NO3/c1-3-17(14-10-5-4-7-11(14)2)15(18)12-8-6-9-13(12)16(19)20/h4-5,7,10,12-13H,3,6,8-9H2,1-2H3,(H,19,20)/t12-,13+/m1/s1. The summed E-state index contributed by atoms with van der Waals surface area (Å²) >= 11 is 0. The maximum atomic E-state index is 12.7. The van der Waals surface area contributed by atoms with Crippen molar-refractivity contribution in [3.8, 4) is 0 Å². The number of hydrogen-bond acceptors (Lipinski definition) is 2. The Balaban J connectivity index is 2.26. The minimum absolute atomic E-state index is 0.0494. The molecule has 1 aliphatic rings. The van der Waals surface area contributed by atoms with Crippen molar-refractivity contribution < 1.29 is 14.7 Å². The molecule has 0 bridgehead atoms. The van der Waals surface area contributed by atoms with Crippen LogP contribution in [-0.2, 0) is 9.59 Å². The van der Waals surface area contributed by atoms with Crippen molar-refractivity contribution in [2.75, 3.05) is 11.4 Å². The molecule has 1 N–H and O–H groups in total. The van der Waals surface area contributed by atoms with Crippen LogP contribution in [0.2, 0.25) is 0 Å². The zero-order valence-electron chi connectivity index (χ0n) is 12.0. The van der Waals surface area contributed by atoms with Crippen molar-refractivity contribution >= 4 is 17.6 Å². The largest absolute Gasteiger partial charge is 0.481 e. The number of nitrogens with zero attached hydrogens (tertiary/aromatic N) is 1. The van der Waals surface area contributed by atoms with E-state index in [0.29, 0.717) is 19.4 Å². The zero-order valence-corrected chi connectivity index (χ0v) is 12.0. The quantitative estimate of drug-likeness (QED) is 0.919. The van der Waals surface area contributed by atoms with Gasteiger partial charge in [-0.15, -0.1) is 0 Å². The van der Waals surface area contributed by atoms with Gasteiger partial charge in [0, 0.05) is 12.2 Å².